The maximum Gasteiger partial charge on any atom is 0.115 e. The number of aromatic nitrogens is 3. The number of nitrogen functional groups attached to an aromatic ring is 1. The van der Waals surface area contributed by atoms with Gasteiger partial charge in [0.2, 0.25) is 0 Å². The number of pyridine rings is 1. The van der Waals surface area contributed by atoms with Crippen LogP contribution in [0.15, 0.2) is 37.1 Å². The number of aryl methyl sites for hydroxylation is 2. The molecule has 0 saturated carbocycles. The first-order valence-electron chi connectivity index (χ1n) is 4.79. The van der Waals surface area contributed by atoms with Crippen LogP contribution in [0.5, 0.6) is 0 Å². The summed E-state index contributed by atoms with van der Waals surface area (Å²) in [7, 11) is 0. The fourth-order valence-electron chi connectivity index (χ4n) is 1.39. The molecule has 0 unspecified atom stereocenters. The molecule has 0 aliphatic heterocycles. The van der Waals surface area contributed by atoms with Gasteiger partial charge in [0.15, 0.2) is 0 Å². The van der Waals surface area contributed by atoms with Gasteiger partial charge in [0.05, 0.1) is 17.6 Å². The summed E-state index contributed by atoms with van der Waals surface area (Å²) in [5.74, 6) is 0. The van der Waals surface area contributed by atoms with Crippen LogP contribution in [-0.2, 0) is 12.8 Å². The molecule has 0 bridgehead atoms. The highest BCUT2D eigenvalue weighted by molar-refractivity contribution is 5.39. The third kappa shape index (κ3) is 2.49. The van der Waals surface area contributed by atoms with E-state index in [4.69, 9.17) is 5.73 Å². The first-order chi connectivity index (χ1) is 7.36. The second-order valence-electron chi connectivity index (χ2n) is 3.28. The summed E-state index contributed by atoms with van der Waals surface area (Å²) in [6.07, 6.45) is 8.49. The molecule has 2 aromatic rings. The molecule has 0 aromatic carbocycles. The summed E-state index contributed by atoms with van der Waals surface area (Å²) in [5.41, 5.74) is 8.55. The predicted molar refractivity (Wildman–Crippen MR) is 58.1 cm³/mol. The first kappa shape index (κ1) is 9.58. The van der Waals surface area contributed by atoms with Crippen molar-refractivity contribution >= 4 is 5.69 Å². The zero-order valence-corrected chi connectivity index (χ0v) is 8.30. The van der Waals surface area contributed by atoms with Crippen LogP contribution in [0.4, 0.5) is 5.69 Å². The molecule has 2 N–H and O–H groups in total. The fourth-order valence-corrected chi connectivity index (χ4v) is 1.39. The van der Waals surface area contributed by atoms with Crippen molar-refractivity contribution in [2.75, 3.05) is 5.73 Å². The molecule has 0 fully saturated rings. The second-order valence-corrected chi connectivity index (χ2v) is 3.28. The topological polar surface area (TPSA) is 64.7 Å². The van der Waals surface area contributed by atoms with E-state index < -0.39 is 0 Å². The lowest BCUT2D eigenvalue weighted by Gasteiger charge is -2.03. The Labute approximate surface area is 88.2 Å². The largest absolute Gasteiger partial charge is 0.396 e. The number of nitrogens with two attached hydrogens (primary N) is 1. The zero-order chi connectivity index (χ0) is 10.5. The Morgan fingerprint density at radius 2 is 1.87 bits per heavy atom. The fraction of sp³-hybridized carbons (Fsp3) is 0.182. The molecule has 0 radical (unpaired) electrons. The highest BCUT2D eigenvalue weighted by atomic mass is 14.9. The lowest BCUT2D eigenvalue weighted by molar-refractivity contribution is 0.902. The maximum absolute atomic E-state index is 5.75. The average Bonchev–Trinajstić information content (AvgIpc) is 2.29. The van der Waals surface area contributed by atoms with E-state index in [9.17, 15) is 0 Å². The number of rotatable bonds is 3. The molecule has 4 nitrogen and oxygen atoms in total. The van der Waals surface area contributed by atoms with E-state index >= 15 is 0 Å². The highest BCUT2D eigenvalue weighted by Gasteiger charge is 2.00. The van der Waals surface area contributed by atoms with Gasteiger partial charge < -0.3 is 5.73 Å². The maximum atomic E-state index is 5.75. The molecule has 0 amide bonds. The van der Waals surface area contributed by atoms with Gasteiger partial charge in [0.1, 0.15) is 6.33 Å². The molecule has 0 aliphatic carbocycles. The molecule has 15 heavy (non-hydrogen) atoms. The Balaban J connectivity index is 2.03. The summed E-state index contributed by atoms with van der Waals surface area (Å²) in [6.45, 7) is 0. The molecule has 0 atom stereocenters. The number of hydrogen-bond donors (Lipinski definition) is 1. The summed E-state index contributed by atoms with van der Waals surface area (Å²) >= 11 is 0. The number of nitrogens with zero attached hydrogens (tertiary/aromatic N) is 3. The molecule has 2 aromatic heterocycles. The van der Waals surface area contributed by atoms with Gasteiger partial charge in [-0.05, 0) is 30.5 Å². The normalized spacial score (nSPS) is 10.1. The van der Waals surface area contributed by atoms with E-state index in [1.165, 1.54) is 11.9 Å². The minimum Gasteiger partial charge on any atom is -0.396 e. The van der Waals surface area contributed by atoms with Crippen LogP contribution in [0.1, 0.15) is 11.3 Å². The van der Waals surface area contributed by atoms with Crippen molar-refractivity contribution < 1.29 is 0 Å². The van der Waals surface area contributed by atoms with Gasteiger partial charge in [-0.25, -0.2) is 9.97 Å². The van der Waals surface area contributed by atoms with Gasteiger partial charge in [0, 0.05) is 12.4 Å². The molecule has 76 valence electrons. The lowest BCUT2D eigenvalue weighted by Crippen LogP contribution is -2.00. The third-order valence-electron chi connectivity index (χ3n) is 2.23. The molecule has 2 heterocycles. The summed E-state index contributed by atoms with van der Waals surface area (Å²) in [6, 6.07) is 3.99. The van der Waals surface area contributed by atoms with E-state index in [0.29, 0.717) is 5.69 Å². The van der Waals surface area contributed by atoms with Crippen LogP contribution in [0.2, 0.25) is 0 Å². The van der Waals surface area contributed by atoms with Crippen LogP contribution in [-0.4, -0.2) is 15.0 Å². The van der Waals surface area contributed by atoms with Gasteiger partial charge in [0.25, 0.3) is 0 Å². The predicted octanol–water partition coefficient (Wildman–Crippen LogP) is 1.24. The summed E-state index contributed by atoms with van der Waals surface area (Å²) in [5, 5.41) is 0. The Bertz CT molecular complexity index is 428. The molecule has 2 rings (SSSR count). The summed E-state index contributed by atoms with van der Waals surface area (Å²) in [4.78, 5) is 12.0. The molecule has 0 spiro atoms. The van der Waals surface area contributed by atoms with E-state index in [0.717, 1.165) is 18.5 Å². The Morgan fingerprint density at radius 3 is 2.60 bits per heavy atom. The quantitative estimate of drug-likeness (QED) is 0.809. The number of hydrogen-bond acceptors (Lipinski definition) is 4. The Morgan fingerprint density at radius 1 is 1.07 bits per heavy atom. The van der Waals surface area contributed by atoms with E-state index in [1.807, 2.05) is 12.1 Å². The Kier molecular flexibility index (Phi) is 2.88. The standard InChI is InChI=1S/C11H12N4/c12-10-7-14-8-15-11(10)2-1-9-3-5-13-6-4-9/h3-8H,1-2,12H2. The van der Waals surface area contributed by atoms with Crippen molar-refractivity contribution in [3.8, 4) is 0 Å². The van der Waals surface area contributed by atoms with Crippen molar-refractivity contribution in [1.29, 1.82) is 0 Å². The third-order valence-corrected chi connectivity index (χ3v) is 2.23. The van der Waals surface area contributed by atoms with Gasteiger partial charge in [-0.3, -0.25) is 4.98 Å². The van der Waals surface area contributed by atoms with Gasteiger partial charge in [-0.1, -0.05) is 0 Å². The van der Waals surface area contributed by atoms with Crippen molar-refractivity contribution in [3.63, 3.8) is 0 Å². The van der Waals surface area contributed by atoms with Crippen LogP contribution in [0.25, 0.3) is 0 Å². The van der Waals surface area contributed by atoms with Crippen molar-refractivity contribution in [1.82, 2.24) is 15.0 Å². The van der Waals surface area contributed by atoms with E-state index in [2.05, 4.69) is 15.0 Å². The van der Waals surface area contributed by atoms with Gasteiger partial charge in [-0.15, -0.1) is 0 Å². The minimum absolute atomic E-state index is 0.659. The highest BCUT2D eigenvalue weighted by Crippen LogP contribution is 2.09. The average molecular weight is 200 g/mol. The van der Waals surface area contributed by atoms with Crippen molar-refractivity contribution in [3.05, 3.63) is 48.3 Å². The zero-order valence-electron chi connectivity index (χ0n) is 8.30. The van der Waals surface area contributed by atoms with E-state index in [1.54, 1.807) is 18.6 Å². The molecular weight excluding hydrogens is 188 g/mol. The van der Waals surface area contributed by atoms with Crippen LogP contribution in [0, 0.1) is 0 Å². The molecule has 0 saturated heterocycles. The van der Waals surface area contributed by atoms with Gasteiger partial charge in [-0.2, -0.15) is 0 Å². The smallest absolute Gasteiger partial charge is 0.115 e. The molecule has 0 aliphatic rings. The summed E-state index contributed by atoms with van der Waals surface area (Å²) < 4.78 is 0. The van der Waals surface area contributed by atoms with E-state index in [-0.39, 0.29) is 0 Å². The van der Waals surface area contributed by atoms with Crippen LogP contribution in [0.3, 0.4) is 0 Å². The van der Waals surface area contributed by atoms with Gasteiger partial charge >= 0.3 is 0 Å². The first-order valence-corrected chi connectivity index (χ1v) is 4.79. The Hall–Kier alpha value is -1.97. The van der Waals surface area contributed by atoms with Crippen LogP contribution < -0.4 is 5.73 Å². The SMILES string of the molecule is Nc1cncnc1CCc1ccncc1. The molecular formula is C11H12N4. The minimum atomic E-state index is 0.659. The van der Waals surface area contributed by atoms with Crippen molar-refractivity contribution in [2.45, 2.75) is 12.8 Å². The molecule has 4 heteroatoms. The van der Waals surface area contributed by atoms with Crippen molar-refractivity contribution in [2.24, 2.45) is 0 Å². The van der Waals surface area contributed by atoms with Crippen LogP contribution >= 0.6 is 0 Å². The number of anilines is 1. The second kappa shape index (κ2) is 4.50. The lowest BCUT2D eigenvalue weighted by atomic mass is 10.1. The monoisotopic (exact) mass is 200 g/mol.